The van der Waals surface area contributed by atoms with Gasteiger partial charge in [0.15, 0.2) is 0 Å². The Labute approximate surface area is 156 Å². The van der Waals surface area contributed by atoms with Crippen LogP contribution in [0.25, 0.3) is 10.2 Å². The topological polar surface area (TPSA) is 73.8 Å². The predicted octanol–water partition coefficient (Wildman–Crippen LogP) is 1.90. The summed E-state index contributed by atoms with van der Waals surface area (Å²) in [7, 11) is 1.05. The number of hydrogen-bond acceptors (Lipinski definition) is 5. The number of likely N-dealkylation sites (tertiary alicyclic amines) is 1. The molecule has 1 saturated heterocycles. The zero-order valence-electron chi connectivity index (χ0n) is 14.1. The summed E-state index contributed by atoms with van der Waals surface area (Å²) in [6.07, 6.45) is 2.22. The fourth-order valence-electron chi connectivity index (χ4n) is 2.84. The molecule has 1 atom stereocenters. The van der Waals surface area contributed by atoms with Crippen LogP contribution in [0.1, 0.15) is 16.1 Å². The van der Waals surface area contributed by atoms with Gasteiger partial charge >= 0.3 is 0 Å². The van der Waals surface area contributed by atoms with Crippen molar-refractivity contribution in [2.24, 2.45) is 0 Å². The van der Waals surface area contributed by atoms with Crippen LogP contribution in [-0.4, -0.2) is 73.1 Å². The summed E-state index contributed by atoms with van der Waals surface area (Å²) in [5.74, 6) is -0.114. The molecule has 2 aromatic rings. The normalized spacial score (nSPS) is 18.6. The van der Waals surface area contributed by atoms with Crippen molar-refractivity contribution in [1.82, 2.24) is 18.5 Å². The van der Waals surface area contributed by atoms with Crippen LogP contribution in [0.5, 0.6) is 0 Å². The predicted molar refractivity (Wildman–Crippen MR) is 99.3 cm³/mol. The van der Waals surface area contributed by atoms with E-state index >= 15 is 0 Å². The van der Waals surface area contributed by atoms with Gasteiger partial charge in [-0.25, -0.2) is 0 Å². The molecule has 0 aromatic carbocycles. The molecule has 0 bridgehead atoms. The molecule has 1 unspecified atom stereocenters. The summed E-state index contributed by atoms with van der Waals surface area (Å²) in [6.45, 7) is 0.893. The number of fused-ring (bicyclic) bond motifs is 1. The Balaban J connectivity index is 1.77. The SMILES string of the molecule is CN(C)S(=O)(=O)N(C)C1CCN(C(=O)c2cc3nccc(Cl)c3s2)C1. The molecule has 25 heavy (non-hydrogen) atoms. The summed E-state index contributed by atoms with van der Waals surface area (Å²) < 4.78 is 27.8. The fraction of sp³-hybridized carbons (Fsp3) is 0.467. The minimum Gasteiger partial charge on any atom is -0.336 e. The molecule has 1 aliphatic rings. The molecule has 0 saturated carbocycles. The van der Waals surface area contributed by atoms with Gasteiger partial charge in [0.05, 0.1) is 20.1 Å². The van der Waals surface area contributed by atoms with Gasteiger partial charge in [-0.2, -0.15) is 17.0 Å². The van der Waals surface area contributed by atoms with Crippen molar-refractivity contribution in [3.8, 4) is 0 Å². The first-order valence-corrected chi connectivity index (χ1v) is 10.3. The molecule has 3 rings (SSSR count). The number of aromatic nitrogens is 1. The van der Waals surface area contributed by atoms with E-state index in [1.807, 2.05) is 0 Å². The molecule has 0 radical (unpaired) electrons. The zero-order valence-corrected chi connectivity index (χ0v) is 16.5. The second-order valence-electron chi connectivity index (χ2n) is 6.12. The molecule has 2 aromatic heterocycles. The van der Waals surface area contributed by atoms with Crippen molar-refractivity contribution in [3.63, 3.8) is 0 Å². The maximum atomic E-state index is 12.8. The third kappa shape index (κ3) is 3.39. The van der Waals surface area contributed by atoms with E-state index in [4.69, 9.17) is 11.6 Å². The van der Waals surface area contributed by atoms with Crippen molar-refractivity contribution in [2.45, 2.75) is 12.5 Å². The number of nitrogens with zero attached hydrogens (tertiary/aromatic N) is 4. The lowest BCUT2D eigenvalue weighted by atomic mass is 10.3. The highest BCUT2D eigenvalue weighted by molar-refractivity contribution is 7.86. The lowest BCUT2D eigenvalue weighted by Crippen LogP contribution is -2.45. The zero-order chi connectivity index (χ0) is 18.4. The number of halogens is 1. The molecule has 1 aliphatic heterocycles. The van der Waals surface area contributed by atoms with Crippen LogP contribution in [0.3, 0.4) is 0 Å². The number of pyridine rings is 1. The van der Waals surface area contributed by atoms with Crippen LogP contribution < -0.4 is 0 Å². The third-order valence-electron chi connectivity index (χ3n) is 4.36. The number of rotatable bonds is 4. The largest absolute Gasteiger partial charge is 0.336 e. The van der Waals surface area contributed by atoms with Gasteiger partial charge in [0, 0.05) is 46.5 Å². The Kier molecular flexibility index (Phi) is 5.04. The maximum Gasteiger partial charge on any atom is 0.281 e. The summed E-state index contributed by atoms with van der Waals surface area (Å²) in [6, 6.07) is 3.20. The number of likely N-dealkylation sites (N-methyl/N-ethyl adjacent to an activating group) is 1. The van der Waals surface area contributed by atoms with Crippen LogP contribution >= 0.6 is 22.9 Å². The summed E-state index contributed by atoms with van der Waals surface area (Å²) >= 11 is 7.46. The van der Waals surface area contributed by atoms with E-state index in [9.17, 15) is 13.2 Å². The van der Waals surface area contributed by atoms with Gasteiger partial charge in [0.2, 0.25) is 0 Å². The van der Waals surface area contributed by atoms with Gasteiger partial charge in [-0.15, -0.1) is 11.3 Å². The lowest BCUT2D eigenvalue weighted by Gasteiger charge is -2.26. The van der Waals surface area contributed by atoms with Crippen molar-refractivity contribution < 1.29 is 13.2 Å². The molecule has 136 valence electrons. The van der Waals surface area contributed by atoms with E-state index in [0.717, 1.165) is 4.70 Å². The van der Waals surface area contributed by atoms with E-state index in [2.05, 4.69) is 4.98 Å². The minimum atomic E-state index is -3.50. The van der Waals surface area contributed by atoms with Crippen LogP contribution in [0, 0.1) is 0 Å². The number of amides is 1. The molecular weight excluding hydrogens is 384 g/mol. The van der Waals surface area contributed by atoms with Crippen LogP contribution in [0.4, 0.5) is 0 Å². The van der Waals surface area contributed by atoms with Crippen molar-refractivity contribution in [2.75, 3.05) is 34.2 Å². The smallest absolute Gasteiger partial charge is 0.281 e. The standard InChI is InChI=1S/C15H19ClN4O3S2/c1-18(2)25(22,23)19(3)10-5-7-20(9-10)15(21)13-8-12-14(24-13)11(16)4-6-17-12/h4,6,8,10H,5,7,9H2,1-3H3. The Bertz CT molecular complexity index is 913. The highest BCUT2D eigenvalue weighted by atomic mass is 35.5. The number of carbonyl (C=O) groups is 1. The van der Waals surface area contributed by atoms with Crippen molar-refractivity contribution in [1.29, 1.82) is 0 Å². The molecule has 0 spiro atoms. The molecule has 3 heterocycles. The molecule has 0 N–H and O–H groups in total. The van der Waals surface area contributed by atoms with E-state index < -0.39 is 10.2 Å². The summed E-state index contributed by atoms with van der Waals surface area (Å²) in [5, 5.41) is 0.574. The third-order valence-corrected chi connectivity index (χ3v) is 7.89. The Morgan fingerprint density at radius 2 is 2.12 bits per heavy atom. The van der Waals surface area contributed by atoms with Crippen LogP contribution in [0.15, 0.2) is 18.3 Å². The molecule has 1 amide bonds. The molecule has 7 nitrogen and oxygen atoms in total. The average Bonchev–Trinajstić information content (AvgIpc) is 3.21. The average molecular weight is 403 g/mol. The van der Waals surface area contributed by atoms with Gasteiger partial charge in [0.25, 0.3) is 16.1 Å². The summed E-state index contributed by atoms with van der Waals surface area (Å²) in [5.41, 5.74) is 0.698. The molecule has 10 heteroatoms. The highest BCUT2D eigenvalue weighted by Gasteiger charge is 2.35. The minimum absolute atomic E-state index is 0.114. The van der Waals surface area contributed by atoms with E-state index in [0.29, 0.717) is 34.9 Å². The lowest BCUT2D eigenvalue weighted by molar-refractivity contribution is 0.0790. The number of carbonyl (C=O) groups excluding carboxylic acids is 1. The first kappa shape index (κ1) is 18.5. The van der Waals surface area contributed by atoms with Crippen LogP contribution in [-0.2, 0) is 10.2 Å². The van der Waals surface area contributed by atoms with Gasteiger partial charge in [-0.05, 0) is 18.6 Å². The summed E-state index contributed by atoms with van der Waals surface area (Å²) in [4.78, 5) is 19.2. The maximum absolute atomic E-state index is 12.8. The van der Waals surface area contributed by atoms with Crippen LogP contribution in [0.2, 0.25) is 5.02 Å². The van der Waals surface area contributed by atoms with Crippen molar-refractivity contribution in [3.05, 3.63) is 28.2 Å². The van der Waals surface area contributed by atoms with E-state index in [1.54, 1.807) is 30.3 Å². The van der Waals surface area contributed by atoms with Crippen molar-refractivity contribution >= 4 is 49.3 Å². The fourth-order valence-corrected chi connectivity index (χ4v) is 5.16. The van der Waals surface area contributed by atoms with E-state index in [1.165, 1.54) is 34.0 Å². The Morgan fingerprint density at radius 1 is 1.40 bits per heavy atom. The second kappa shape index (κ2) is 6.81. The van der Waals surface area contributed by atoms with Gasteiger partial charge < -0.3 is 4.90 Å². The quantitative estimate of drug-likeness (QED) is 0.782. The van der Waals surface area contributed by atoms with Gasteiger partial charge in [-0.1, -0.05) is 11.6 Å². The van der Waals surface area contributed by atoms with Gasteiger partial charge in [-0.3, -0.25) is 9.78 Å². The number of hydrogen-bond donors (Lipinski definition) is 0. The number of thiophene rings is 1. The second-order valence-corrected chi connectivity index (χ2v) is 9.78. The highest BCUT2D eigenvalue weighted by Crippen LogP contribution is 2.31. The Hall–Kier alpha value is -1.26. The van der Waals surface area contributed by atoms with E-state index in [-0.39, 0.29) is 11.9 Å². The molecular formula is C15H19ClN4O3S2. The molecule has 0 aliphatic carbocycles. The monoisotopic (exact) mass is 402 g/mol. The van der Waals surface area contributed by atoms with Gasteiger partial charge in [0.1, 0.15) is 0 Å². The molecule has 1 fully saturated rings. The Morgan fingerprint density at radius 3 is 2.76 bits per heavy atom. The first-order chi connectivity index (χ1) is 11.7. The first-order valence-electron chi connectivity index (χ1n) is 7.70.